The van der Waals surface area contributed by atoms with E-state index in [2.05, 4.69) is 4.72 Å². The molecule has 0 heterocycles. The third kappa shape index (κ3) is 3.72. The maximum atomic E-state index is 12.0. The van der Waals surface area contributed by atoms with Crippen LogP contribution in [0.15, 0.2) is 48.5 Å². The van der Waals surface area contributed by atoms with Crippen LogP contribution in [0.4, 0.5) is 11.4 Å². The summed E-state index contributed by atoms with van der Waals surface area (Å²) in [6, 6.07) is 14.2. The number of aryl methyl sites for hydroxylation is 1. The van der Waals surface area contributed by atoms with Crippen molar-refractivity contribution in [2.24, 2.45) is 0 Å². The first-order chi connectivity index (χ1) is 8.96. The van der Waals surface area contributed by atoms with Gasteiger partial charge in [0.1, 0.15) is 0 Å². The SMILES string of the molecule is Cc1ccc(NS(=O)(=O)Cc2ccccc2)c(N)c1. The predicted octanol–water partition coefficient (Wildman–Crippen LogP) is 2.52. The van der Waals surface area contributed by atoms with Crippen LogP contribution in [0.3, 0.4) is 0 Å². The molecular formula is C14H16N2O2S. The van der Waals surface area contributed by atoms with Gasteiger partial charge in [0.2, 0.25) is 10.0 Å². The molecule has 0 unspecified atom stereocenters. The van der Waals surface area contributed by atoms with E-state index in [4.69, 9.17) is 5.73 Å². The van der Waals surface area contributed by atoms with E-state index in [1.165, 1.54) is 0 Å². The van der Waals surface area contributed by atoms with Crippen LogP contribution in [0.5, 0.6) is 0 Å². The van der Waals surface area contributed by atoms with Gasteiger partial charge >= 0.3 is 0 Å². The third-order valence-electron chi connectivity index (χ3n) is 2.67. The largest absolute Gasteiger partial charge is 0.397 e. The molecule has 0 saturated carbocycles. The Labute approximate surface area is 113 Å². The minimum absolute atomic E-state index is 0.0683. The molecule has 0 spiro atoms. The van der Waals surface area contributed by atoms with Crippen molar-refractivity contribution in [1.82, 2.24) is 0 Å². The summed E-state index contributed by atoms with van der Waals surface area (Å²) in [6.45, 7) is 1.90. The zero-order valence-corrected chi connectivity index (χ0v) is 11.4. The average molecular weight is 276 g/mol. The maximum absolute atomic E-state index is 12.0. The molecule has 4 nitrogen and oxygen atoms in total. The first kappa shape index (κ1) is 13.4. The van der Waals surface area contributed by atoms with Gasteiger partial charge in [0.05, 0.1) is 17.1 Å². The molecule has 0 fully saturated rings. The lowest BCUT2D eigenvalue weighted by molar-refractivity contribution is 0.600. The van der Waals surface area contributed by atoms with Crippen molar-refractivity contribution < 1.29 is 8.42 Å². The van der Waals surface area contributed by atoms with Gasteiger partial charge in [-0.05, 0) is 30.2 Å². The highest BCUT2D eigenvalue weighted by Gasteiger charge is 2.13. The fourth-order valence-electron chi connectivity index (χ4n) is 1.77. The fourth-order valence-corrected chi connectivity index (χ4v) is 3.00. The van der Waals surface area contributed by atoms with Gasteiger partial charge in [-0.25, -0.2) is 8.42 Å². The van der Waals surface area contributed by atoms with Crippen molar-refractivity contribution >= 4 is 21.4 Å². The molecule has 0 aliphatic heterocycles. The van der Waals surface area contributed by atoms with Crippen molar-refractivity contribution in [2.45, 2.75) is 12.7 Å². The molecule has 3 N–H and O–H groups in total. The minimum Gasteiger partial charge on any atom is -0.397 e. The van der Waals surface area contributed by atoms with Gasteiger partial charge in [0, 0.05) is 0 Å². The van der Waals surface area contributed by atoms with Crippen LogP contribution in [-0.2, 0) is 15.8 Å². The molecule has 0 radical (unpaired) electrons. The van der Waals surface area contributed by atoms with Crippen molar-refractivity contribution in [3.8, 4) is 0 Å². The summed E-state index contributed by atoms with van der Waals surface area (Å²) in [5, 5.41) is 0. The van der Waals surface area contributed by atoms with Crippen LogP contribution < -0.4 is 10.5 Å². The van der Waals surface area contributed by atoms with Gasteiger partial charge in [0.15, 0.2) is 0 Å². The Bertz CT molecular complexity index is 667. The van der Waals surface area contributed by atoms with E-state index in [0.717, 1.165) is 11.1 Å². The highest BCUT2D eigenvalue weighted by atomic mass is 32.2. The van der Waals surface area contributed by atoms with E-state index >= 15 is 0 Å². The Morgan fingerprint density at radius 3 is 2.42 bits per heavy atom. The monoisotopic (exact) mass is 276 g/mol. The zero-order valence-electron chi connectivity index (χ0n) is 10.6. The number of nitrogens with one attached hydrogen (secondary N) is 1. The highest BCUT2D eigenvalue weighted by Crippen LogP contribution is 2.21. The van der Waals surface area contributed by atoms with Crippen LogP contribution in [0, 0.1) is 6.92 Å². The molecule has 0 bridgehead atoms. The summed E-state index contributed by atoms with van der Waals surface area (Å²) < 4.78 is 26.6. The molecule has 0 saturated heterocycles. The second-order valence-electron chi connectivity index (χ2n) is 4.44. The van der Waals surface area contributed by atoms with Crippen LogP contribution >= 0.6 is 0 Å². The van der Waals surface area contributed by atoms with Crippen LogP contribution in [0.2, 0.25) is 0 Å². The Morgan fingerprint density at radius 1 is 1.11 bits per heavy atom. The predicted molar refractivity (Wildman–Crippen MR) is 78.3 cm³/mol. The number of hydrogen-bond donors (Lipinski definition) is 2. The van der Waals surface area contributed by atoms with Crippen LogP contribution in [-0.4, -0.2) is 8.42 Å². The molecule has 0 aromatic heterocycles. The van der Waals surface area contributed by atoms with Crippen molar-refractivity contribution in [1.29, 1.82) is 0 Å². The molecule has 0 aliphatic rings. The second-order valence-corrected chi connectivity index (χ2v) is 6.16. The summed E-state index contributed by atoms with van der Waals surface area (Å²) in [4.78, 5) is 0. The quantitative estimate of drug-likeness (QED) is 0.843. The number of nitrogen functional groups attached to an aromatic ring is 1. The van der Waals surface area contributed by atoms with E-state index in [1.54, 1.807) is 24.3 Å². The molecule has 0 amide bonds. The van der Waals surface area contributed by atoms with E-state index in [1.807, 2.05) is 31.2 Å². The summed E-state index contributed by atoms with van der Waals surface area (Å²) in [5.74, 6) is -0.0683. The topological polar surface area (TPSA) is 72.2 Å². The van der Waals surface area contributed by atoms with Crippen molar-refractivity contribution in [3.05, 3.63) is 59.7 Å². The first-order valence-electron chi connectivity index (χ1n) is 5.87. The van der Waals surface area contributed by atoms with Crippen LogP contribution in [0.1, 0.15) is 11.1 Å². The van der Waals surface area contributed by atoms with Gasteiger partial charge in [-0.2, -0.15) is 0 Å². The highest BCUT2D eigenvalue weighted by molar-refractivity contribution is 7.91. The van der Waals surface area contributed by atoms with Gasteiger partial charge in [-0.1, -0.05) is 36.4 Å². The number of hydrogen-bond acceptors (Lipinski definition) is 3. The molecule has 0 atom stereocenters. The summed E-state index contributed by atoms with van der Waals surface area (Å²) >= 11 is 0. The normalized spacial score (nSPS) is 11.2. The molecule has 0 aliphatic carbocycles. The van der Waals surface area contributed by atoms with Gasteiger partial charge in [-0.3, -0.25) is 4.72 Å². The summed E-state index contributed by atoms with van der Waals surface area (Å²) in [7, 11) is -3.45. The number of nitrogens with two attached hydrogens (primary N) is 1. The van der Waals surface area contributed by atoms with Crippen molar-refractivity contribution in [3.63, 3.8) is 0 Å². The van der Waals surface area contributed by atoms with E-state index in [9.17, 15) is 8.42 Å². The second kappa shape index (κ2) is 5.32. The first-order valence-corrected chi connectivity index (χ1v) is 7.52. The zero-order chi connectivity index (χ0) is 13.9. The molecule has 2 aromatic carbocycles. The Balaban J connectivity index is 2.17. The molecule has 100 valence electrons. The van der Waals surface area contributed by atoms with E-state index in [-0.39, 0.29) is 5.75 Å². The van der Waals surface area contributed by atoms with Crippen LogP contribution in [0.25, 0.3) is 0 Å². The van der Waals surface area contributed by atoms with Gasteiger partial charge < -0.3 is 5.73 Å². The molecular weight excluding hydrogens is 260 g/mol. The van der Waals surface area contributed by atoms with E-state index < -0.39 is 10.0 Å². The van der Waals surface area contributed by atoms with Crippen molar-refractivity contribution in [2.75, 3.05) is 10.5 Å². The number of sulfonamides is 1. The maximum Gasteiger partial charge on any atom is 0.236 e. The lowest BCUT2D eigenvalue weighted by Crippen LogP contribution is -2.16. The van der Waals surface area contributed by atoms with Gasteiger partial charge in [0.25, 0.3) is 0 Å². The molecule has 2 rings (SSSR count). The van der Waals surface area contributed by atoms with E-state index in [0.29, 0.717) is 11.4 Å². The Kier molecular flexibility index (Phi) is 3.76. The molecule has 2 aromatic rings. The standard InChI is InChI=1S/C14H16N2O2S/c1-11-7-8-14(13(15)9-11)16-19(17,18)10-12-5-3-2-4-6-12/h2-9,16H,10,15H2,1H3. The minimum atomic E-state index is -3.45. The van der Waals surface area contributed by atoms with Gasteiger partial charge in [-0.15, -0.1) is 0 Å². The average Bonchev–Trinajstić information content (AvgIpc) is 2.33. The Morgan fingerprint density at radius 2 is 1.79 bits per heavy atom. The lowest BCUT2D eigenvalue weighted by Gasteiger charge is -2.10. The molecule has 5 heteroatoms. The number of anilines is 2. The summed E-state index contributed by atoms with van der Waals surface area (Å²) in [5.41, 5.74) is 8.37. The third-order valence-corrected chi connectivity index (χ3v) is 3.92. The molecule has 19 heavy (non-hydrogen) atoms. The summed E-state index contributed by atoms with van der Waals surface area (Å²) in [6.07, 6.45) is 0. The lowest BCUT2D eigenvalue weighted by atomic mass is 10.2. The smallest absolute Gasteiger partial charge is 0.236 e. The number of rotatable bonds is 4. The fraction of sp³-hybridized carbons (Fsp3) is 0.143. The Hall–Kier alpha value is -2.01. The number of benzene rings is 2.